The molecule has 0 fully saturated rings. The molecule has 126 valence electrons. The molecule has 6 nitrogen and oxygen atoms in total. The minimum Gasteiger partial charge on any atom is -0.484 e. The number of nitrogens with one attached hydrogen (secondary N) is 2. The smallest absolute Gasteiger partial charge is 0.276 e. The number of aryl methyl sites for hydroxylation is 1. The number of carbonyl (C=O) groups excluding carboxylic acids is 2. The van der Waals surface area contributed by atoms with Crippen molar-refractivity contribution >= 4 is 34.4 Å². The number of halogens is 1. The number of rotatable bonds is 6. The zero-order chi connectivity index (χ0) is 17.4. The molecule has 0 spiro atoms. The Hall–Kier alpha value is -2.29. The Labute approximate surface area is 153 Å². The van der Waals surface area contributed by atoms with Crippen molar-refractivity contribution in [3.05, 3.63) is 57.7 Å². The van der Waals surface area contributed by atoms with Gasteiger partial charge in [-0.25, -0.2) is 0 Å². The Morgan fingerprint density at radius 2 is 1.25 bits per heavy atom. The van der Waals surface area contributed by atoms with Crippen LogP contribution in [0.15, 0.2) is 48.5 Å². The van der Waals surface area contributed by atoms with E-state index in [9.17, 15) is 9.59 Å². The molecule has 2 rings (SSSR count). The standard InChI is InChI=1S/C17H17IN2O4/c1-12-2-6-14(7-3-12)23-10-16(21)19-20-17(22)11-24-15-8-4-13(18)5-9-15/h2-9H,10-11H2,1H3,(H,19,21)(H,20,22). The largest absolute Gasteiger partial charge is 0.484 e. The molecule has 2 aromatic rings. The summed E-state index contributed by atoms with van der Waals surface area (Å²) < 4.78 is 11.7. The quantitative estimate of drug-likeness (QED) is 0.534. The van der Waals surface area contributed by atoms with Gasteiger partial charge < -0.3 is 9.47 Å². The van der Waals surface area contributed by atoms with Gasteiger partial charge in [-0.3, -0.25) is 20.4 Å². The summed E-state index contributed by atoms with van der Waals surface area (Å²) in [5.74, 6) is 0.249. The molecule has 2 amide bonds. The molecule has 0 atom stereocenters. The Morgan fingerprint density at radius 1 is 0.833 bits per heavy atom. The van der Waals surface area contributed by atoms with Crippen LogP contribution in [-0.4, -0.2) is 25.0 Å². The minimum absolute atomic E-state index is 0.193. The van der Waals surface area contributed by atoms with Gasteiger partial charge in [0.1, 0.15) is 11.5 Å². The summed E-state index contributed by atoms with van der Waals surface area (Å²) in [4.78, 5) is 23.2. The van der Waals surface area contributed by atoms with Gasteiger partial charge in [0.2, 0.25) is 0 Å². The summed E-state index contributed by atoms with van der Waals surface area (Å²) in [6.07, 6.45) is 0. The third-order valence-corrected chi connectivity index (χ3v) is 3.63. The van der Waals surface area contributed by atoms with Gasteiger partial charge in [-0.05, 0) is 65.9 Å². The molecule has 0 aromatic heterocycles. The van der Waals surface area contributed by atoms with Crippen LogP contribution in [0.1, 0.15) is 5.56 Å². The molecule has 0 bridgehead atoms. The minimum atomic E-state index is -0.461. The number of ether oxygens (including phenoxy) is 2. The van der Waals surface area contributed by atoms with E-state index in [4.69, 9.17) is 9.47 Å². The topological polar surface area (TPSA) is 76.7 Å². The monoisotopic (exact) mass is 440 g/mol. The van der Waals surface area contributed by atoms with Crippen molar-refractivity contribution in [2.45, 2.75) is 6.92 Å². The number of amides is 2. The number of hydrogen-bond donors (Lipinski definition) is 2. The molecule has 0 unspecified atom stereocenters. The van der Waals surface area contributed by atoms with Crippen molar-refractivity contribution in [2.75, 3.05) is 13.2 Å². The highest BCUT2D eigenvalue weighted by atomic mass is 127. The van der Waals surface area contributed by atoms with E-state index < -0.39 is 11.8 Å². The molecule has 2 aromatic carbocycles. The summed E-state index contributed by atoms with van der Waals surface area (Å²) >= 11 is 2.18. The Balaban J connectivity index is 1.64. The Kier molecular flexibility index (Phi) is 6.86. The van der Waals surface area contributed by atoms with Gasteiger partial charge in [0.15, 0.2) is 13.2 Å². The van der Waals surface area contributed by atoms with Gasteiger partial charge in [-0.1, -0.05) is 17.7 Å². The molecule has 0 saturated carbocycles. The predicted octanol–water partition coefficient (Wildman–Crippen LogP) is 2.20. The van der Waals surface area contributed by atoms with E-state index in [-0.39, 0.29) is 13.2 Å². The second kappa shape index (κ2) is 9.11. The zero-order valence-electron chi connectivity index (χ0n) is 13.0. The number of hydrogen-bond acceptors (Lipinski definition) is 4. The maximum absolute atomic E-state index is 11.6. The molecule has 0 aliphatic carbocycles. The van der Waals surface area contributed by atoms with E-state index in [2.05, 4.69) is 33.4 Å². The molecule has 0 heterocycles. The summed E-state index contributed by atoms with van der Waals surface area (Å²) in [5.41, 5.74) is 5.63. The first-order valence-electron chi connectivity index (χ1n) is 7.18. The molecule has 0 aliphatic heterocycles. The first-order valence-corrected chi connectivity index (χ1v) is 8.26. The average molecular weight is 440 g/mol. The van der Waals surface area contributed by atoms with Crippen LogP contribution in [0.5, 0.6) is 11.5 Å². The van der Waals surface area contributed by atoms with Crippen molar-refractivity contribution < 1.29 is 19.1 Å². The van der Waals surface area contributed by atoms with Crippen molar-refractivity contribution in [1.82, 2.24) is 10.9 Å². The Morgan fingerprint density at radius 3 is 1.71 bits per heavy atom. The maximum Gasteiger partial charge on any atom is 0.276 e. The van der Waals surface area contributed by atoms with E-state index in [1.165, 1.54) is 0 Å². The highest BCUT2D eigenvalue weighted by molar-refractivity contribution is 14.1. The SMILES string of the molecule is Cc1ccc(OCC(=O)NNC(=O)COc2ccc(I)cc2)cc1. The van der Waals surface area contributed by atoms with Gasteiger partial charge in [-0.15, -0.1) is 0 Å². The fraction of sp³-hybridized carbons (Fsp3) is 0.176. The van der Waals surface area contributed by atoms with Gasteiger partial charge in [0.05, 0.1) is 0 Å². The van der Waals surface area contributed by atoms with E-state index in [0.29, 0.717) is 11.5 Å². The highest BCUT2D eigenvalue weighted by Crippen LogP contribution is 2.13. The predicted molar refractivity (Wildman–Crippen MR) is 97.6 cm³/mol. The normalized spacial score (nSPS) is 9.92. The third kappa shape index (κ3) is 6.45. The molecular weight excluding hydrogens is 423 g/mol. The number of benzene rings is 2. The first-order chi connectivity index (χ1) is 11.5. The van der Waals surface area contributed by atoms with Gasteiger partial charge in [-0.2, -0.15) is 0 Å². The molecule has 24 heavy (non-hydrogen) atoms. The second-order valence-electron chi connectivity index (χ2n) is 4.94. The van der Waals surface area contributed by atoms with Crippen LogP contribution in [0.3, 0.4) is 0 Å². The summed E-state index contributed by atoms with van der Waals surface area (Å²) in [7, 11) is 0. The van der Waals surface area contributed by atoms with Crippen LogP contribution in [0.4, 0.5) is 0 Å². The number of carbonyl (C=O) groups is 2. The highest BCUT2D eigenvalue weighted by Gasteiger charge is 2.06. The number of hydrazine groups is 1. The fourth-order valence-electron chi connectivity index (χ4n) is 1.67. The Bertz CT molecular complexity index is 625. The van der Waals surface area contributed by atoms with Crippen molar-refractivity contribution in [3.63, 3.8) is 0 Å². The fourth-order valence-corrected chi connectivity index (χ4v) is 2.03. The lowest BCUT2D eigenvalue weighted by molar-refractivity contribution is -0.131. The van der Waals surface area contributed by atoms with E-state index >= 15 is 0 Å². The lowest BCUT2D eigenvalue weighted by Crippen LogP contribution is -2.45. The average Bonchev–Trinajstić information content (AvgIpc) is 2.59. The van der Waals surface area contributed by atoms with Gasteiger partial charge in [0, 0.05) is 3.57 Å². The first kappa shape index (κ1) is 18.1. The second-order valence-corrected chi connectivity index (χ2v) is 6.19. The lowest BCUT2D eigenvalue weighted by atomic mass is 10.2. The third-order valence-electron chi connectivity index (χ3n) is 2.92. The van der Waals surface area contributed by atoms with E-state index in [0.717, 1.165) is 9.13 Å². The van der Waals surface area contributed by atoms with E-state index in [1.807, 2.05) is 31.2 Å². The zero-order valence-corrected chi connectivity index (χ0v) is 15.2. The summed E-state index contributed by atoms with van der Waals surface area (Å²) in [5, 5.41) is 0. The van der Waals surface area contributed by atoms with Crippen LogP contribution >= 0.6 is 22.6 Å². The van der Waals surface area contributed by atoms with Gasteiger partial charge >= 0.3 is 0 Å². The summed E-state index contributed by atoms with van der Waals surface area (Å²) in [6, 6.07) is 14.6. The molecule has 2 N–H and O–H groups in total. The van der Waals surface area contributed by atoms with Crippen molar-refractivity contribution in [1.29, 1.82) is 0 Å². The molecule has 7 heteroatoms. The van der Waals surface area contributed by atoms with Crippen LogP contribution in [0.25, 0.3) is 0 Å². The molecule has 0 saturated heterocycles. The van der Waals surface area contributed by atoms with Crippen LogP contribution < -0.4 is 20.3 Å². The lowest BCUT2D eigenvalue weighted by Gasteiger charge is -2.10. The molecule has 0 aliphatic rings. The van der Waals surface area contributed by atoms with Crippen LogP contribution in [0, 0.1) is 10.5 Å². The van der Waals surface area contributed by atoms with Crippen molar-refractivity contribution in [3.8, 4) is 11.5 Å². The van der Waals surface area contributed by atoms with E-state index in [1.54, 1.807) is 24.3 Å². The summed E-state index contributed by atoms with van der Waals surface area (Å²) in [6.45, 7) is 1.57. The molecular formula is C17H17IN2O4. The molecule has 0 radical (unpaired) electrons. The maximum atomic E-state index is 11.6. The van der Waals surface area contributed by atoms with Crippen LogP contribution in [0.2, 0.25) is 0 Å². The van der Waals surface area contributed by atoms with Gasteiger partial charge in [0.25, 0.3) is 11.8 Å². The van der Waals surface area contributed by atoms with Crippen LogP contribution in [-0.2, 0) is 9.59 Å². The van der Waals surface area contributed by atoms with Crippen molar-refractivity contribution in [2.24, 2.45) is 0 Å².